The van der Waals surface area contributed by atoms with Crippen molar-refractivity contribution in [3.05, 3.63) is 0 Å². The Bertz CT molecular complexity index is 314. The van der Waals surface area contributed by atoms with Gasteiger partial charge in [0.15, 0.2) is 5.96 Å². The van der Waals surface area contributed by atoms with E-state index in [9.17, 15) is 4.79 Å². The van der Waals surface area contributed by atoms with Gasteiger partial charge in [0, 0.05) is 13.1 Å². The molecule has 3 N–H and O–H groups in total. The number of carbonyl (C=O) groups is 1. The molecule has 98 valence electrons. The SMILES string of the molecule is CCNCCN1C(=O)C(C)(CC(C)C)N=C1N. The van der Waals surface area contributed by atoms with Crippen LogP contribution in [-0.2, 0) is 4.79 Å². The van der Waals surface area contributed by atoms with Gasteiger partial charge in [0.25, 0.3) is 5.91 Å². The van der Waals surface area contributed by atoms with E-state index in [1.54, 1.807) is 4.90 Å². The summed E-state index contributed by atoms with van der Waals surface area (Å²) >= 11 is 0. The molecule has 1 unspecified atom stereocenters. The Balaban J connectivity index is 2.67. The van der Waals surface area contributed by atoms with E-state index in [0.717, 1.165) is 19.5 Å². The summed E-state index contributed by atoms with van der Waals surface area (Å²) in [5, 5.41) is 3.18. The summed E-state index contributed by atoms with van der Waals surface area (Å²) in [4.78, 5) is 18.2. The predicted molar refractivity (Wildman–Crippen MR) is 69.7 cm³/mol. The predicted octanol–water partition coefficient (Wildman–Crippen LogP) is 0.558. The molecule has 1 aliphatic rings. The van der Waals surface area contributed by atoms with Crippen molar-refractivity contribution in [1.82, 2.24) is 10.2 Å². The molecule has 0 aromatic rings. The Labute approximate surface area is 103 Å². The Hall–Kier alpha value is -1.10. The van der Waals surface area contributed by atoms with Crippen molar-refractivity contribution in [3.63, 3.8) is 0 Å². The third-order valence-electron chi connectivity index (χ3n) is 2.91. The minimum atomic E-state index is -0.662. The van der Waals surface area contributed by atoms with E-state index in [1.165, 1.54) is 0 Å². The summed E-state index contributed by atoms with van der Waals surface area (Å²) < 4.78 is 0. The van der Waals surface area contributed by atoms with Gasteiger partial charge in [-0.2, -0.15) is 0 Å². The molecule has 0 saturated heterocycles. The molecule has 1 rings (SSSR count). The Morgan fingerprint density at radius 1 is 1.53 bits per heavy atom. The van der Waals surface area contributed by atoms with Crippen LogP contribution in [0.5, 0.6) is 0 Å². The number of hydrogen-bond acceptors (Lipinski definition) is 4. The standard InChI is InChI=1S/C12H24N4O/c1-5-14-6-7-16-10(17)12(4,8-9(2)3)15-11(16)13/h9,14H,5-8H2,1-4H3,(H2,13,15). The van der Waals surface area contributed by atoms with Crippen LogP contribution in [0, 0.1) is 5.92 Å². The molecular formula is C12H24N4O. The van der Waals surface area contributed by atoms with Gasteiger partial charge >= 0.3 is 0 Å². The fraction of sp³-hybridized carbons (Fsp3) is 0.833. The van der Waals surface area contributed by atoms with E-state index in [1.807, 2.05) is 13.8 Å². The third kappa shape index (κ3) is 3.19. The highest BCUT2D eigenvalue weighted by atomic mass is 16.2. The maximum Gasteiger partial charge on any atom is 0.257 e. The molecule has 0 fully saturated rings. The highest BCUT2D eigenvalue weighted by Gasteiger charge is 2.43. The smallest absolute Gasteiger partial charge is 0.257 e. The second-order valence-corrected chi connectivity index (χ2v) is 5.15. The summed E-state index contributed by atoms with van der Waals surface area (Å²) in [6, 6.07) is 0. The van der Waals surface area contributed by atoms with E-state index < -0.39 is 5.54 Å². The average Bonchev–Trinajstić information content (AvgIpc) is 2.40. The lowest BCUT2D eigenvalue weighted by Gasteiger charge is -2.23. The number of nitrogens with zero attached hydrogens (tertiary/aromatic N) is 2. The van der Waals surface area contributed by atoms with Gasteiger partial charge in [-0.1, -0.05) is 20.8 Å². The van der Waals surface area contributed by atoms with Crippen molar-refractivity contribution >= 4 is 11.9 Å². The lowest BCUT2D eigenvalue weighted by molar-refractivity contribution is -0.131. The first-order chi connectivity index (χ1) is 7.90. The maximum absolute atomic E-state index is 12.3. The highest BCUT2D eigenvalue weighted by Crippen LogP contribution is 2.28. The molecule has 0 aliphatic carbocycles. The largest absolute Gasteiger partial charge is 0.369 e. The van der Waals surface area contributed by atoms with Gasteiger partial charge in [0.2, 0.25) is 0 Å². The average molecular weight is 240 g/mol. The van der Waals surface area contributed by atoms with Crippen LogP contribution < -0.4 is 11.1 Å². The number of likely N-dealkylation sites (N-methyl/N-ethyl adjacent to an activating group) is 1. The number of aliphatic imine (C=N–C) groups is 1. The van der Waals surface area contributed by atoms with Gasteiger partial charge in [-0.3, -0.25) is 9.69 Å². The normalized spacial score (nSPS) is 24.6. The van der Waals surface area contributed by atoms with Crippen LogP contribution in [0.25, 0.3) is 0 Å². The zero-order valence-electron chi connectivity index (χ0n) is 11.3. The number of guanidine groups is 1. The Morgan fingerprint density at radius 3 is 2.71 bits per heavy atom. The summed E-state index contributed by atoms with van der Waals surface area (Å²) in [5.74, 6) is 0.812. The molecule has 0 aromatic carbocycles. The quantitative estimate of drug-likeness (QED) is 0.666. The lowest BCUT2D eigenvalue weighted by Crippen LogP contribution is -2.46. The molecule has 5 nitrogen and oxygen atoms in total. The van der Waals surface area contributed by atoms with Crippen LogP contribution in [0.3, 0.4) is 0 Å². The minimum absolute atomic E-state index is 0.0293. The van der Waals surface area contributed by atoms with Crippen LogP contribution in [0.2, 0.25) is 0 Å². The monoisotopic (exact) mass is 240 g/mol. The van der Waals surface area contributed by atoms with E-state index in [0.29, 0.717) is 18.4 Å². The van der Waals surface area contributed by atoms with E-state index in [-0.39, 0.29) is 5.91 Å². The van der Waals surface area contributed by atoms with Crippen molar-refractivity contribution in [2.24, 2.45) is 16.6 Å². The molecule has 5 heteroatoms. The molecule has 0 radical (unpaired) electrons. The maximum atomic E-state index is 12.3. The van der Waals surface area contributed by atoms with Gasteiger partial charge in [0.05, 0.1) is 0 Å². The first-order valence-electron chi connectivity index (χ1n) is 6.28. The fourth-order valence-electron chi connectivity index (χ4n) is 2.27. The van der Waals surface area contributed by atoms with Crippen molar-refractivity contribution in [1.29, 1.82) is 0 Å². The van der Waals surface area contributed by atoms with Crippen LogP contribution in [-0.4, -0.2) is 41.9 Å². The first kappa shape index (κ1) is 14.0. The lowest BCUT2D eigenvalue weighted by atomic mass is 9.91. The molecule has 1 aliphatic heterocycles. The summed E-state index contributed by atoms with van der Waals surface area (Å²) in [7, 11) is 0. The van der Waals surface area contributed by atoms with Gasteiger partial charge in [0.1, 0.15) is 5.54 Å². The van der Waals surface area contributed by atoms with E-state index >= 15 is 0 Å². The Morgan fingerprint density at radius 2 is 2.18 bits per heavy atom. The molecule has 0 spiro atoms. The van der Waals surface area contributed by atoms with Gasteiger partial charge in [-0.15, -0.1) is 0 Å². The summed E-state index contributed by atoms with van der Waals surface area (Å²) in [5.41, 5.74) is 5.17. The van der Waals surface area contributed by atoms with Crippen LogP contribution in [0.15, 0.2) is 4.99 Å². The number of amides is 1. The van der Waals surface area contributed by atoms with Crippen molar-refractivity contribution in [2.75, 3.05) is 19.6 Å². The zero-order chi connectivity index (χ0) is 13.1. The molecule has 0 saturated carbocycles. The second kappa shape index (κ2) is 5.49. The summed E-state index contributed by atoms with van der Waals surface area (Å²) in [6.07, 6.45) is 0.740. The van der Waals surface area contributed by atoms with E-state index in [2.05, 4.69) is 24.2 Å². The van der Waals surface area contributed by atoms with Crippen molar-refractivity contribution in [3.8, 4) is 0 Å². The number of nitrogens with one attached hydrogen (secondary N) is 1. The topological polar surface area (TPSA) is 70.7 Å². The molecule has 0 bridgehead atoms. The van der Waals surface area contributed by atoms with E-state index in [4.69, 9.17) is 5.73 Å². The molecule has 1 atom stereocenters. The van der Waals surface area contributed by atoms with Crippen molar-refractivity contribution in [2.45, 2.75) is 39.7 Å². The Kier molecular flexibility index (Phi) is 4.51. The second-order valence-electron chi connectivity index (χ2n) is 5.15. The van der Waals surface area contributed by atoms with Gasteiger partial charge in [-0.05, 0) is 25.8 Å². The number of nitrogens with two attached hydrogens (primary N) is 1. The van der Waals surface area contributed by atoms with Gasteiger partial charge in [-0.25, -0.2) is 4.99 Å². The first-order valence-corrected chi connectivity index (χ1v) is 6.28. The van der Waals surface area contributed by atoms with Gasteiger partial charge < -0.3 is 11.1 Å². The number of hydrogen-bond donors (Lipinski definition) is 2. The summed E-state index contributed by atoms with van der Waals surface area (Å²) in [6.45, 7) is 10.3. The van der Waals surface area contributed by atoms with Crippen LogP contribution in [0.4, 0.5) is 0 Å². The third-order valence-corrected chi connectivity index (χ3v) is 2.91. The molecular weight excluding hydrogens is 216 g/mol. The van der Waals surface area contributed by atoms with Crippen LogP contribution in [0.1, 0.15) is 34.1 Å². The number of rotatable bonds is 6. The number of carbonyl (C=O) groups excluding carboxylic acids is 1. The van der Waals surface area contributed by atoms with Crippen LogP contribution >= 0.6 is 0 Å². The minimum Gasteiger partial charge on any atom is -0.369 e. The highest BCUT2D eigenvalue weighted by molar-refractivity contribution is 6.06. The molecule has 1 amide bonds. The zero-order valence-corrected chi connectivity index (χ0v) is 11.3. The molecule has 17 heavy (non-hydrogen) atoms. The molecule has 1 heterocycles. The molecule has 0 aromatic heterocycles. The van der Waals surface area contributed by atoms with Crippen molar-refractivity contribution < 1.29 is 4.79 Å². The fourth-order valence-corrected chi connectivity index (χ4v) is 2.27.